The summed E-state index contributed by atoms with van der Waals surface area (Å²) in [5, 5.41) is 8.88. The van der Waals surface area contributed by atoms with E-state index in [9.17, 15) is 18.0 Å². The highest BCUT2D eigenvalue weighted by Gasteiger charge is 2.35. The number of carbonyl (C=O) groups excluding carboxylic acids is 2. The molecule has 0 radical (unpaired) electrons. The molecule has 9 nitrogen and oxygen atoms in total. The molecule has 2 amide bonds. The quantitative estimate of drug-likeness (QED) is 0.685. The summed E-state index contributed by atoms with van der Waals surface area (Å²) in [5.74, 6) is -0.419. The Morgan fingerprint density at radius 2 is 1.77 bits per heavy atom. The van der Waals surface area contributed by atoms with E-state index in [1.54, 1.807) is 38.4 Å². The second-order valence-corrected chi connectivity index (χ2v) is 9.25. The zero-order valence-corrected chi connectivity index (χ0v) is 18.2. The monoisotopic (exact) mass is 442 g/mol. The van der Waals surface area contributed by atoms with Crippen molar-refractivity contribution < 1.29 is 22.7 Å². The summed E-state index contributed by atoms with van der Waals surface area (Å²) in [6.07, 6.45) is -0.894. The number of carbonyl (C=O) groups is 2. The second-order valence-electron chi connectivity index (χ2n) is 7.21. The Balaban J connectivity index is 1.84. The summed E-state index contributed by atoms with van der Waals surface area (Å²) in [6.45, 7) is -0.461. The predicted molar refractivity (Wildman–Crippen MR) is 113 cm³/mol. The van der Waals surface area contributed by atoms with E-state index < -0.39 is 28.6 Å². The van der Waals surface area contributed by atoms with Crippen LogP contribution in [0.4, 0.5) is 5.69 Å². The zero-order chi connectivity index (χ0) is 22.8. The number of hydrogen-bond donors (Lipinski definition) is 0. The standard InChI is InChI=1S/C21H22N4O5S/c1-23(2)21(27)19-13-25(17-6-4-5-7-18(17)30-19)20(26)14-24(3)31(28,29)16-10-8-15(12-22)9-11-16/h4-11,19H,13-14H2,1-3H3/t19-/m0/s1. The van der Waals surface area contributed by atoms with Crippen LogP contribution in [0.25, 0.3) is 0 Å². The number of hydrogen-bond acceptors (Lipinski definition) is 6. The molecule has 0 saturated carbocycles. The van der Waals surface area contributed by atoms with E-state index in [2.05, 4.69) is 0 Å². The number of likely N-dealkylation sites (N-methyl/N-ethyl adjacent to an activating group) is 2. The number of para-hydroxylation sites is 2. The molecule has 0 fully saturated rings. The molecule has 0 saturated heterocycles. The van der Waals surface area contributed by atoms with Crippen molar-refractivity contribution in [3.63, 3.8) is 0 Å². The molecule has 1 aliphatic rings. The lowest BCUT2D eigenvalue weighted by atomic mass is 10.1. The molecule has 1 heterocycles. The van der Waals surface area contributed by atoms with Crippen molar-refractivity contribution in [2.24, 2.45) is 0 Å². The van der Waals surface area contributed by atoms with Crippen LogP contribution in [-0.2, 0) is 19.6 Å². The van der Waals surface area contributed by atoms with Crippen molar-refractivity contribution in [2.45, 2.75) is 11.0 Å². The highest BCUT2D eigenvalue weighted by atomic mass is 32.2. The van der Waals surface area contributed by atoms with E-state index in [0.29, 0.717) is 17.0 Å². The molecule has 2 aromatic carbocycles. The first-order valence-electron chi connectivity index (χ1n) is 9.39. The van der Waals surface area contributed by atoms with Crippen LogP contribution in [0.5, 0.6) is 5.75 Å². The van der Waals surface area contributed by atoms with Gasteiger partial charge in [0.1, 0.15) is 5.75 Å². The SMILES string of the molecule is CN(C)C(=O)[C@@H]1CN(C(=O)CN(C)S(=O)(=O)c2ccc(C#N)cc2)c2ccccc2O1. The van der Waals surface area contributed by atoms with Gasteiger partial charge in [-0.3, -0.25) is 9.59 Å². The van der Waals surface area contributed by atoms with E-state index >= 15 is 0 Å². The minimum Gasteiger partial charge on any atom is -0.476 e. The molecular weight excluding hydrogens is 420 g/mol. The molecule has 0 aromatic heterocycles. The number of ether oxygens (including phenoxy) is 1. The van der Waals surface area contributed by atoms with Crippen LogP contribution < -0.4 is 9.64 Å². The molecule has 0 spiro atoms. The highest BCUT2D eigenvalue weighted by Crippen LogP contribution is 2.33. The Morgan fingerprint density at radius 1 is 1.13 bits per heavy atom. The lowest BCUT2D eigenvalue weighted by Crippen LogP contribution is -2.52. The van der Waals surface area contributed by atoms with E-state index in [0.717, 1.165) is 4.31 Å². The molecule has 10 heteroatoms. The van der Waals surface area contributed by atoms with Crippen molar-refractivity contribution in [1.29, 1.82) is 5.26 Å². The summed E-state index contributed by atoms with van der Waals surface area (Å²) in [5.41, 5.74) is 0.804. The van der Waals surface area contributed by atoms with Gasteiger partial charge in [0, 0.05) is 21.1 Å². The predicted octanol–water partition coefficient (Wildman–Crippen LogP) is 1.06. The van der Waals surface area contributed by atoms with Gasteiger partial charge in [0.15, 0.2) is 6.10 Å². The van der Waals surface area contributed by atoms with Crippen molar-refractivity contribution >= 4 is 27.5 Å². The Labute approximate surface area is 181 Å². The third-order valence-corrected chi connectivity index (χ3v) is 6.66. The maximum atomic E-state index is 13.1. The van der Waals surface area contributed by atoms with Gasteiger partial charge in [0.2, 0.25) is 15.9 Å². The van der Waals surface area contributed by atoms with Gasteiger partial charge in [-0.2, -0.15) is 9.57 Å². The molecule has 0 unspecified atom stereocenters. The Bertz CT molecular complexity index is 1140. The molecule has 2 aromatic rings. The molecule has 162 valence electrons. The fraction of sp³-hybridized carbons (Fsp3) is 0.286. The number of fused-ring (bicyclic) bond motifs is 1. The fourth-order valence-electron chi connectivity index (χ4n) is 3.13. The van der Waals surface area contributed by atoms with E-state index in [1.807, 2.05) is 6.07 Å². The van der Waals surface area contributed by atoms with Gasteiger partial charge in [0.05, 0.1) is 35.3 Å². The summed E-state index contributed by atoms with van der Waals surface area (Å²) < 4.78 is 32.4. The molecule has 1 aliphatic heterocycles. The van der Waals surface area contributed by atoms with E-state index in [4.69, 9.17) is 10.00 Å². The molecule has 0 aliphatic carbocycles. The van der Waals surface area contributed by atoms with Crippen LogP contribution in [0.3, 0.4) is 0 Å². The smallest absolute Gasteiger partial charge is 0.265 e. The van der Waals surface area contributed by atoms with Gasteiger partial charge in [-0.15, -0.1) is 0 Å². The summed E-state index contributed by atoms with van der Waals surface area (Å²) in [4.78, 5) is 28.2. The van der Waals surface area contributed by atoms with Gasteiger partial charge in [0.25, 0.3) is 5.91 Å². The average Bonchev–Trinajstić information content (AvgIpc) is 2.77. The summed E-state index contributed by atoms with van der Waals surface area (Å²) >= 11 is 0. The van der Waals surface area contributed by atoms with Gasteiger partial charge in [-0.05, 0) is 36.4 Å². The van der Waals surface area contributed by atoms with Gasteiger partial charge < -0.3 is 14.5 Å². The zero-order valence-electron chi connectivity index (χ0n) is 17.3. The van der Waals surface area contributed by atoms with Gasteiger partial charge >= 0.3 is 0 Å². The number of benzene rings is 2. The van der Waals surface area contributed by atoms with Crippen molar-refractivity contribution in [2.75, 3.05) is 39.1 Å². The second kappa shape index (κ2) is 8.75. The third-order valence-electron chi connectivity index (χ3n) is 4.84. The summed E-state index contributed by atoms with van der Waals surface area (Å²) in [6, 6.07) is 14.2. The first kappa shape index (κ1) is 22.3. The Hall–Kier alpha value is -3.42. The number of anilines is 1. The van der Waals surface area contributed by atoms with Gasteiger partial charge in [-0.25, -0.2) is 8.42 Å². The number of amides is 2. The van der Waals surface area contributed by atoms with Crippen LogP contribution in [0.2, 0.25) is 0 Å². The van der Waals surface area contributed by atoms with Crippen molar-refractivity contribution in [1.82, 2.24) is 9.21 Å². The van der Waals surface area contributed by atoms with Crippen LogP contribution >= 0.6 is 0 Å². The van der Waals surface area contributed by atoms with Crippen molar-refractivity contribution in [3.05, 3.63) is 54.1 Å². The van der Waals surface area contributed by atoms with Crippen LogP contribution in [0.1, 0.15) is 5.56 Å². The maximum absolute atomic E-state index is 13.1. The molecule has 31 heavy (non-hydrogen) atoms. The molecule has 3 rings (SSSR count). The molecule has 1 atom stereocenters. The lowest BCUT2D eigenvalue weighted by Gasteiger charge is -2.35. The van der Waals surface area contributed by atoms with Crippen LogP contribution in [0.15, 0.2) is 53.4 Å². The van der Waals surface area contributed by atoms with Crippen LogP contribution in [0, 0.1) is 11.3 Å². The minimum absolute atomic E-state index is 0.0233. The first-order chi connectivity index (χ1) is 14.6. The average molecular weight is 442 g/mol. The topological polar surface area (TPSA) is 111 Å². The van der Waals surface area contributed by atoms with E-state index in [-0.39, 0.29) is 17.3 Å². The molecule has 0 bridgehead atoms. The Morgan fingerprint density at radius 3 is 2.39 bits per heavy atom. The van der Waals surface area contributed by atoms with E-state index in [1.165, 1.54) is 41.1 Å². The molecule has 0 N–H and O–H groups in total. The Kier molecular flexibility index (Phi) is 6.29. The number of nitriles is 1. The lowest BCUT2D eigenvalue weighted by molar-refractivity contribution is -0.136. The van der Waals surface area contributed by atoms with Crippen LogP contribution in [-0.4, -0.2) is 69.8 Å². The third kappa shape index (κ3) is 4.52. The number of sulfonamides is 1. The fourth-order valence-corrected chi connectivity index (χ4v) is 4.25. The normalized spacial score (nSPS) is 15.6. The first-order valence-corrected chi connectivity index (χ1v) is 10.8. The maximum Gasteiger partial charge on any atom is 0.265 e. The molecular formula is C21H22N4O5S. The van der Waals surface area contributed by atoms with Gasteiger partial charge in [-0.1, -0.05) is 12.1 Å². The number of nitrogens with zero attached hydrogens (tertiary/aromatic N) is 4. The largest absolute Gasteiger partial charge is 0.476 e. The minimum atomic E-state index is -3.95. The van der Waals surface area contributed by atoms with Crippen molar-refractivity contribution in [3.8, 4) is 11.8 Å². The summed E-state index contributed by atoms with van der Waals surface area (Å²) in [7, 11) is 0.545. The number of rotatable bonds is 5. The highest BCUT2D eigenvalue weighted by molar-refractivity contribution is 7.89.